The van der Waals surface area contributed by atoms with Gasteiger partial charge in [0.1, 0.15) is 11.4 Å². The Morgan fingerprint density at radius 2 is 2.19 bits per heavy atom. The highest BCUT2D eigenvalue weighted by Crippen LogP contribution is 2.24. The Kier molecular flexibility index (Phi) is 4.23. The second kappa shape index (κ2) is 5.92. The van der Waals surface area contributed by atoms with Crippen LogP contribution in [0.3, 0.4) is 0 Å². The molecule has 112 valence electrons. The molecule has 0 bridgehead atoms. The van der Waals surface area contributed by atoms with E-state index in [0.717, 1.165) is 0 Å². The highest BCUT2D eigenvalue weighted by atomic mass is 19.1. The lowest BCUT2D eigenvalue weighted by Crippen LogP contribution is -2.21. The van der Waals surface area contributed by atoms with E-state index < -0.39 is 17.2 Å². The van der Waals surface area contributed by atoms with Gasteiger partial charge < -0.3 is 20.7 Å². The van der Waals surface area contributed by atoms with Crippen LogP contribution < -0.4 is 16.5 Å². The zero-order valence-electron chi connectivity index (χ0n) is 11.5. The van der Waals surface area contributed by atoms with Crippen molar-refractivity contribution in [1.29, 1.82) is 0 Å². The summed E-state index contributed by atoms with van der Waals surface area (Å²) in [4.78, 5) is 23.5. The summed E-state index contributed by atoms with van der Waals surface area (Å²) >= 11 is 0. The van der Waals surface area contributed by atoms with Gasteiger partial charge in [-0.05, 0) is 19.1 Å². The molecule has 7 heteroatoms. The molecule has 1 heterocycles. The first-order valence-electron chi connectivity index (χ1n) is 6.54. The molecule has 0 amide bonds. The number of carboxylic acids is 1. The van der Waals surface area contributed by atoms with Gasteiger partial charge in [0.15, 0.2) is 0 Å². The number of aromatic nitrogens is 1. The number of nitrogens with zero attached hydrogens (tertiary/aromatic N) is 1. The number of hydrogen-bond acceptors (Lipinski definition) is 4. The minimum atomic E-state index is -1.34. The summed E-state index contributed by atoms with van der Waals surface area (Å²) in [6, 6.07) is 2.66. The van der Waals surface area contributed by atoms with Crippen LogP contribution in [0.5, 0.6) is 0 Å². The summed E-state index contributed by atoms with van der Waals surface area (Å²) in [6.07, 6.45) is 1.17. The highest BCUT2D eigenvalue weighted by molar-refractivity contribution is 5.98. The van der Waals surface area contributed by atoms with Gasteiger partial charge in [-0.3, -0.25) is 4.79 Å². The molecular weight excluding hydrogens is 277 g/mol. The van der Waals surface area contributed by atoms with Crippen molar-refractivity contribution < 1.29 is 14.3 Å². The largest absolute Gasteiger partial charge is 0.477 e. The topological polar surface area (TPSA) is 97.3 Å². The number of anilines is 1. The monoisotopic (exact) mass is 293 g/mol. The Morgan fingerprint density at radius 3 is 2.76 bits per heavy atom. The molecule has 0 atom stereocenters. The number of rotatable bonds is 5. The van der Waals surface area contributed by atoms with Crippen LogP contribution in [0.25, 0.3) is 10.9 Å². The molecule has 4 N–H and O–H groups in total. The second-order valence-corrected chi connectivity index (χ2v) is 4.50. The van der Waals surface area contributed by atoms with Gasteiger partial charge in [0.2, 0.25) is 5.43 Å². The molecule has 0 radical (unpaired) electrons. The van der Waals surface area contributed by atoms with Crippen LogP contribution in [0, 0.1) is 5.82 Å². The Labute approximate surface area is 120 Å². The predicted molar refractivity (Wildman–Crippen MR) is 78.3 cm³/mol. The molecular formula is C14H16FN3O3. The maximum atomic E-state index is 14.1. The molecule has 0 aliphatic heterocycles. The van der Waals surface area contributed by atoms with Crippen LogP contribution in [0.15, 0.2) is 23.1 Å². The van der Waals surface area contributed by atoms with E-state index in [1.807, 2.05) is 0 Å². The fraction of sp³-hybridized carbons (Fsp3) is 0.286. The summed E-state index contributed by atoms with van der Waals surface area (Å²) in [6.45, 7) is 2.81. The first-order chi connectivity index (χ1) is 10.0. The number of carboxylic acid groups (broad SMARTS) is 1. The quantitative estimate of drug-likeness (QED) is 0.770. The van der Waals surface area contributed by atoms with E-state index in [4.69, 9.17) is 10.8 Å². The normalized spacial score (nSPS) is 10.8. The molecule has 6 nitrogen and oxygen atoms in total. The smallest absolute Gasteiger partial charge is 0.341 e. The minimum absolute atomic E-state index is 0.0326. The average molecular weight is 293 g/mol. The number of benzene rings is 1. The summed E-state index contributed by atoms with van der Waals surface area (Å²) in [5.41, 5.74) is 4.79. The number of nitrogens with two attached hydrogens (primary N) is 1. The van der Waals surface area contributed by atoms with E-state index in [2.05, 4.69) is 5.32 Å². The van der Waals surface area contributed by atoms with Crippen LogP contribution >= 0.6 is 0 Å². The lowest BCUT2D eigenvalue weighted by atomic mass is 10.1. The SMILES string of the molecule is CCn1cc(C(=O)O)c(=O)c2c(NCCN)ccc(F)c21. The van der Waals surface area contributed by atoms with Gasteiger partial charge in [0, 0.05) is 31.5 Å². The zero-order valence-corrected chi connectivity index (χ0v) is 11.5. The summed E-state index contributed by atoms with van der Waals surface area (Å²) in [5, 5.41) is 12.1. The number of pyridine rings is 1. The first-order valence-corrected chi connectivity index (χ1v) is 6.54. The lowest BCUT2D eigenvalue weighted by Gasteiger charge is -2.14. The fourth-order valence-corrected chi connectivity index (χ4v) is 2.25. The number of aromatic carboxylic acids is 1. The Balaban J connectivity index is 2.89. The third-order valence-corrected chi connectivity index (χ3v) is 3.20. The Hall–Kier alpha value is -2.41. The molecule has 0 aliphatic carbocycles. The molecule has 0 aliphatic rings. The molecule has 0 saturated heterocycles. The van der Waals surface area contributed by atoms with Crippen molar-refractivity contribution in [2.45, 2.75) is 13.5 Å². The lowest BCUT2D eigenvalue weighted by molar-refractivity contribution is 0.0695. The standard InChI is InChI=1S/C14H16FN3O3/c1-2-18-7-8(14(20)21)13(19)11-10(17-6-5-16)4-3-9(15)12(11)18/h3-4,7,17H,2,5-6,16H2,1H3,(H,20,21). The molecule has 0 unspecified atom stereocenters. The van der Waals surface area contributed by atoms with Crippen LogP contribution in [-0.4, -0.2) is 28.7 Å². The van der Waals surface area contributed by atoms with E-state index in [-0.39, 0.29) is 16.5 Å². The molecule has 0 fully saturated rings. The van der Waals surface area contributed by atoms with E-state index in [0.29, 0.717) is 25.3 Å². The van der Waals surface area contributed by atoms with Crippen LogP contribution in [0.4, 0.5) is 10.1 Å². The van der Waals surface area contributed by atoms with Gasteiger partial charge in [0.05, 0.1) is 10.9 Å². The number of aryl methyl sites for hydroxylation is 1. The molecule has 21 heavy (non-hydrogen) atoms. The van der Waals surface area contributed by atoms with Crippen molar-refractivity contribution in [3.63, 3.8) is 0 Å². The number of nitrogens with one attached hydrogen (secondary N) is 1. The van der Waals surface area contributed by atoms with Crippen LogP contribution in [0.1, 0.15) is 17.3 Å². The van der Waals surface area contributed by atoms with Crippen molar-refractivity contribution in [3.05, 3.63) is 39.9 Å². The minimum Gasteiger partial charge on any atom is -0.477 e. The molecule has 1 aromatic carbocycles. The van der Waals surface area contributed by atoms with Crippen molar-refractivity contribution >= 4 is 22.6 Å². The number of halogens is 1. The summed E-state index contributed by atoms with van der Waals surface area (Å²) in [7, 11) is 0. The van der Waals surface area contributed by atoms with Gasteiger partial charge in [-0.1, -0.05) is 0 Å². The van der Waals surface area contributed by atoms with E-state index >= 15 is 0 Å². The summed E-state index contributed by atoms with van der Waals surface area (Å²) < 4.78 is 15.5. The van der Waals surface area contributed by atoms with Gasteiger partial charge in [-0.25, -0.2) is 9.18 Å². The average Bonchev–Trinajstić information content (AvgIpc) is 2.46. The number of carbonyl (C=O) groups is 1. The third-order valence-electron chi connectivity index (χ3n) is 3.20. The fourth-order valence-electron chi connectivity index (χ4n) is 2.25. The van der Waals surface area contributed by atoms with E-state index in [1.165, 1.54) is 22.9 Å². The third kappa shape index (κ3) is 2.59. The van der Waals surface area contributed by atoms with Gasteiger partial charge in [-0.2, -0.15) is 0 Å². The predicted octanol–water partition coefficient (Wildman–Crippen LogP) is 1.23. The molecule has 2 rings (SSSR count). The Morgan fingerprint density at radius 1 is 1.48 bits per heavy atom. The van der Waals surface area contributed by atoms with Gasteiger partial charge in [0.25, 0.3) is 0 Å². The van der Waals surface area contributed by atoms with Crippen molar-refractivity contribution in [1.82, 2.24) is 4.57 Å². The summed E-state index contributed by atoms with van der Waals surface area (Å²) in [5.74, 6) is -1.91. The van der Waals surface area contributed by atoms with Crippen LogP contribution in [0.2, 0.25) is 0 Å². The number of fused-ring (bicyclic) bond motifs is 1. The van der Waals surface area contributed by atoms with Crippen molar-refractivity contribution in [2.75, 3.05) is 18.4 Å². The Bertz CT molecular complexity index is 755. The zero-order chi connectivity index (χ0) is 15.6. The molecule has 0 spiro atoms. The maximum absolute atomic E-state index is 14.1. The van der Waals surface area contributed by atoms with E-state index in [1.54, 1.807) is 6.92 Å². The van der Waals surface area contributed by atoms with Crippen molar-refractivity contribution in [2.24, 2.45) is 5.73 Å². The molecule has 0 saturated carbocycles. The molecule has 1 aromatic heterocycles. The van der Waals surface area contributed by atoms with Gasteiger partial charge in [-0.15, -0.1) is 0 Å². The highest BCUT2D eigenvalue weighted by Gasteiger charge is 2.19. The van der Waals surface area contributed by atoms with E-state index in [9.17, 15) is 14.0 Å². The van der Waals surface area contributed by atoms with Gasteiger partial charge >= 0.3 is 5.97 Å². The number of hydrogen-bond donors (Lipinski definition) is 3. The van der Waals surface area contributed by atoms with Crippen LogP contribution in [-0.2, 0) is 6.54 Å². The second-order valence-electron chi connectivity index (χ2n) is 4.50. The molecule has 2 aromatic rings. The first kappa shape index (κ1) is 15.0. The van der Waals surface area contributed by atoms with Crippen molar-refractivity contribution in [3.8, 4) is 0 Å². The maximum Gasteiger partial charge on any atom is 0.341 e.